The molecule has 0 aliphatic rings. The molecule has 0 saturated carbocycles. The number of nitrogens with zero attached hydrogens (tertiary/aromatic N) is 1. The van der Waals surface area contributed by atoms with Crippen LogP contribution in [0.15, 0.2) is 46.9 Å². The van der Waals surface area contributed by atoms with Crippen molar-refractivity contribution in [2.75, 3.05) is 7.05 Å². The van der Waals surface area contributed by atoms with E-state index in [2.05, 4.69) is 15.9 Å². The Kier molecular flexibility index (Phi) is 5.09. The third-order valence-electron chi connectivity index (χ3n) is 3.08. The maximum Gasteiger partial charge on any atom is 0.336 e. The summed E-state index contributed by atoms with van der Waals surface area (Å²) in [4.78, 5) is 13.1. The van der Waals surface area contributed by atoms with E-state index in [1.807, 2.05) is 36.2 Å². The van der Waals surface area contributed by atoms with Crippen LogP contribution in [0.3, 0.4) is 0 Å². The highest BCUT2D eigenvalue weighted by Crippen LogP contribution is 2.17. The normalized spacial score (nSPS) is 10.9. The Hall–Kier alpha value is -1.72. The predicted octanol–water partition coefficient (Wildman–Crippen LogP) is 3.92. The molecule has 2 aromatic carbocycles. The molecule has 0 aromatic heterocycles. The summed E-state index contributed by atoms with van der Waals surface area (Å²) in [6.45, 7) is 1.01. The van der Waals surface area contributed by atoms with Crippen LogP contribution in [-0.4, -0.2) is 23.0 Å². The molecule has 1 N–H and O–H groups in total. The zero-order valence-electron chi connectivity index (χ0n) is 11.5. The lowest BCUT2D eigenvalue weighted by atomic mass is 10.1. The van der Waals surface area contributed by atoms with Gasteiger partial charge in [-0.05, 0) is 48.5 Å². The van der Waals surface area contributed by atoms with Crippen LogP contribution in [0.2, 0.25) is 0 Å². The van der Waals surface area contributed by atoms with Crippen LogP contribution in [0.5, 0.6) is 0 Å². The quantitative estimate of drug-likeness (QED) is 0.887. The van der Waals surface area contributed by atoms with Crippen molar-refractivity contribution in [2.45, 2.75) is 13.1 Å². The third kappa shape index (κ3) is 4.37. The Morgan fingerprint density at radius 1 is 1.24 bits per heavy atom. The number of hydrogen-bond donors (Lipinski definition) is 1. The van der Waals surface area contributed by atoms with E-state index in [1.165, 1.54) is 18.2 Å². The molecule has 0 spiro atoms. The Morgan fingerprint density at radius 2 is 2.00 bits per heavy atom. The minimum Gasteiger partial charge on any atom is -0.478 e. The SMILES string of the molecule is CN(Cc1cccc(Br)c1)Cc1cc(F)ccc1C(=O)O. The Balaban J connectivity index is 2.14. The van der Waals surface area contributed by atoms with Crippen molar-refractivity contribution in [3.8, 4) is 0 Å². The molecule has 110 valence electrons. The van der Waals surface area contributed by atoms with Gasteiger partial charge < -0.3 is 5.11 Å². The average Bonchev–Trinajstić information content (AvgIpc) is 2.38. The minimum absolute atomic E-state index is 0.137. The molecular weight excluding hydrogens is 337 g/mol. The molecule has 0 unspecified atom stereocenters. The van der Waals surface area contributed by atoms with Crippen LogP contribution in [0, 0.1) is 5.82 Å². The second-order valence-electron chi connectivity index (χ2n) is 4.91. The van der Waals surface area contributed by atoms with E-state index in [0.717, 1.165) is 10.0 Å². The number of hydrogen-bond acceptors (Lipinski definition) is 2. The van der Waals surface area contributed by atoms with E-state index < -0.39 is 11.8 Å². The molecule has 5 heteroatoms. The van der Waals surface area contributed by atoms with Gasteiger partial charge in [0.1, 0.15) is 5.82 Å². The highest BCUT2D eigenvalue weighted by atomic mass is 79.9. The van der Waals surface area contributed by atoms with Crippen molar-refractivity contribution in [3.63, 3.8) is 0 Å². The van der Waals surface area contributed by atoms with E-state index in [9.17, 15) is 9.18 Å². The Morgan fingerprint density at radius 3 is 2.67 bits per heavy atom. The molecule has 0 radical (unpaired) electrons. The first kappa shape index (κ1) is 15.7. The van der Waals surface area contributed by atoms with Gasteiger partial charge in [-0.3, -0.25) is 4.90 Å². The summed E-state index contributed by atoms with van der Waals surface area (Å²) in [6, 6.07) is 11.6. The number of aromatic carboxylic acids is 1. The molecule has 0 saturated heterocycles. The lowest BCUT2D eigenvalue weighted by Gasteiger charge is -2.18. The molecule has 0 atom stereocenters. The molecule has 0 aliphatic carbocycles. The standard InChI is InChI=1S/C16H15BrFNO2/c1-19(9-11-3-2-4-13(17)7-11)10-12-8-14(18)5-6-15(12)16(20)21/h2-8H,9-10H2,1H3,(H,20,21). The summed E-state index contributed by atoms with van der Waals surface area (Å²) < 4.78 is 14.3. The monoisotopic (exact) mass is 351 g/mol. The van der Waals surface area contributed by atoms with Gasteiger partial charge in [0, 0.05) is 17.6 Å². The number of halogens is 2. The first-order valence-electron chi connectivity index (χ1n) is 6.40. The van der Waals surface area contributed by atoms with Crippen molar-refractivity contribution < 1.29 is 14.3 Å². The molecule has 0 amide bonds. The molecule has 2 aromatic rings. The van der Waals surface area contributed by atoms with Crippen LogP contribution >= 0.6 is 15.9 Å². The van der Waals surface area contributed by atoms with Gasteiger partial charge in [-0.2, -0.15) is 0 Å². The largest absolute Gasteiger partial charge is 0.478 e. The van der Waals surface area contributed by atoms with Gasteiger partial charge in [-0.1, -0.05) is 28.1 Å². The Labute approximate surface area is 131 Å². The van der Waals surface area contributed by atoms with Crippen LogP contribution in [0.25, 0.3) is 0 Å². The molecule has 3 nitrogen and oxygen atoms in total. The van der Waals surface area contributed by atoms with Gasteiger partial charge in [-0.25, -0.2) is 9.18 Å². The second kappa shape index (κ2) is 6.83. The van der Waals surface area contributed by atoms with Gasteiger partial charge in [0.25, 0.3) is 0 Å². The maximum atomic E-state index is 13.3. The van der Waals surface area contributed by atoms with Crippen molar-refractivity contribution in [1.29, 1.82) is 0 Å². The fourth-order valence-corrected chi connectivity index (χ4v) is 2.64. The number of rotatable bonds is 5. The summed E-state index contributed by atoms with van der Waals surface area (Å²) in [5.74, 6) is -1.47. The number of benzene rings is 2. The first-order chi connectivity index (χ1) is 9.95. The second-order valence-corrected chi connectivity index (χ2v) is 5.82. The van der Waals surface area contributed by atoms with Gasteiger partial charge >= 0.3 is 5.97 Å². The molecule has 0 fully saturated rings. The molecular formula is C16H15BrFNO2. The predicted molar refractivity (Wildman–Crippen MR) is 82.7 cm³/mol. The van der Waals surface area contributed by atoms with Crippen molar-refractivity contribution in [3.05, 3.63) is 69.4 Å². The minimum atomic E-state index is -1.04. The zero-order valence-corrected chi connectivity index (χ0v) is 13.1. The summed E-state index contributed by atoms with van der Waals surface area (Å²) in [5.41, 5.74) is 1.71. The first-order valence-corrected chi connectivity index (χ1v) is 7.19. The van der Waals surface area contributed by atoms with Gasteiger partial charge in [0.15, 0.2) is 0 Å². The van der Waals surface area contributed by atoms with E-state index in [1.54, 1.807) is 0 Å². The topological polar surface area (TPSA) is 40.5 Å². The van der Waals surface area contributed by atoms with E-state index in [4.69, 9.17) is 5.11 Å². The maximum absolute atomic E-state index is 13.3. The van der Waals surface area contributed by atoms with Crippen LogP contribution in [0.4, 0.5) is 4.39 Å². The molecule has 0 bridgehead atoms. The third-order valence-corrected chi connectivity index (χ3v) is 3.57. The van der Waals surface area contributed by atoms with Crippen molar-refractivity contribution in [1.82, 2.24) is 4.90 Å². The summed E-state index contributed by atoms with van der Waals surface area (Å²) >= 11 is 3.41. The molecule has 21 heavy (non-hydrogen) atoms. The average molecular weight is 352 g/mol. The number of carbonyl (C=O) groups is 1. The smallest absolute Gasteiger partial charge is 0.336 e. The summed E-state index contributed by atoms with van der Waals surface area (Å²) in [6.07, 6.45) is 0. The highest BCUT2D eigenvalue weighted by Gasteiger charge is 2.13. The Bertz CT molecular complexity index is 660. The lowest BCUT2D eigenvalue weighted by Crippen LogP contribution is -2.19. The molecule has 0 aliphatic heterocycles. The summed E-state index contributed by atoms with van der Waals surface area (Å²) in [7, 11) is 1.87. The summed E-state index contributed by atoms with van der Waals surface area (Å²) in [5, 5.41) is 9.15. The van der Waals surface area contributed by atoms with Gasteiger partial charge in [-0.15, -0.1) is 0 Å². The van der Waals surface area contributed by atoms with E-state index >= 15 is 0 Å². The van der Waals surface area contributed by atoms with Gasteiger partial charge in [0.2, 0.25) is 0 Å². The van der Waals surface area contributed by atoms with Crippen molar-refractivity contribution in [2.24, 2.45) is 0 Å². The number of carboxylic acid groups (broad SMARTS) is 1. The van der Waals surface area contributed by atoms with Crippen LogP contribution in [-0.2, 0) is 13.1 Å². The fraction of sp³-hybridized carbons (Fsp3) is 0.188. The lowest BCUT2D eigenvalue weighted by molar-refractivity contribution is 0.0694. The fourth-order valence-electron chi connectivity index (χ4n) is 2.20. The van der Waals surface area contributed by atoms with Crippen LogP contribution < -0.4 is 0 Å². The molecule has 0 heterocycles. The van der Waals surface area contributed by atoms with Crippen LogP contribution in [0.1, 0.15) is 21.5 Å². The van der Waals surface area contributed by atoms with Gasteiger partial charge in [0.05, 0.1) is 5.56 Å². The van der Waals surface area contributed by atoms with E-state index in [0.29, 0.717) is 18.7 Å². The van der Waals surface area contributed by atoms with E-state index in [-0.39, 0.29) is 5.56 Å². The van der Waals surface area contributed by atoms with Crippen molar-refractivity contribution >= 4 is 21.9 Å². The number of carboxylic acids is 1. The molecule has 2 rings (SSSR count). The highest BCUT2D eigenvalue weighted by molar-refractivity contribution is 9.10. The zero-order chi connectivity index (χ0) is 15.4.